The maximum absolute atomic E-state index is 4.62. The molecule has 0 aliphatic rings. The molecular weight excluding hydrogens is 386 g/mol. The summed E-state index contributed by atoms with van der Waals surface area (Å²) in [4.78, 5) is 9.02. The number of hydrogen-bond donors (Lipinski definition) is 0. The van der Waals surface area contributed by atoms with E-state index in [1.165, 1.54) is 11.4 Å². The Balaban J connectivity index is 1.74. The predicted octanol–water partition coefficient (Wildman–Crippen LogP) is 6.16. The minimum Gasteiger partial charge on any atom is -0.318 e. The first kappa shape index (κ1) is 16.7. The Hall–Kier alpha value is -2.72. The molecule has 0 spiro atoms. The van der Waals surface area contributed by atoms with Crippen molar-refractivity contribution >= 4 is 38.7 Å². The first-order valence-electron chi connectivity index (χ1n) is 8.45. The zero-order valence-electron chi connectivity index (χ0n) is 14.6. The van der Waals surface area contributed by atoms with Gasteiger partial charge in [-0.15, -0.1) is 0 Å². The van der Waals surface area contributed by atoms with Crippen LogP contribution >= 0.6 is 15.9 Å². The molecule has 0 aliphatic carbocycles. The van der Waals surface area contributed by atoms with Crippen molar-refractivity contribution in [3.63, 3.8) is 0 Å². The highest BCUT2D eigenvalue weighted by Gasteiger charge is 2.10. The van der Waals surface area contributed by atoms with Crippen LogP contribution in [0, 0.1) is 13.8 Å². The molecule has 0 radical (unpaired) electrons. The van der Waals surface area contributed by atoms with E-state index < -0.39 is 0 Å². The lowest BCUT2D eigenvalue weighted by atomic mass is 10.2. The summed E-state index contributed by atoms with van der Waals surface area (Å²) < 4.78 is 3.29. The lowest BCUT2D eigenvalue weighted by Gasteiger charge is -2.10. The lowest BCUT2D eigenvalue weighted by Crippen LogP contribution is -1.99. The smallest absolute Gasteiger partial charge is 0.0703 e. The van der Waals surface area contributed by atoms with E-state index in [4.69, 9.17) is 0 Å². The molecule has 4 rings (SSSR count). The minimum absolute atomic E-state index is 0.931. The third kappa shape index (κ3) is 3.20. The van der Waals surface area contributed by atoms with Crippen molar-refractivity contribution < 1.29 is 0 Å². The van der Waals surface area contributed by atoms with Crippen LogP contribution in [0.25, 0.3) is 16.6 Å². The molecule has 0 amide bonds. The van der Waals surface area contributed by atoms with Crippen LogP contribution in [0.15, 0.2) is 76.3 Å². The van der Waals surface area contributed by atoms with Gasteiger partial charge in [0.15, 0.2) is 0 Å². The van der Waals surface area contributed by atoms with Gasteiger partial charge in [0, 0.05) is 44.9 Å². The Morgan fingerprint density at radius 2 is 1.88 bits per heavy atom. The van der Waals surface area contributed by atoms with Crippen molar-refractivity contribution in [2.45, 2.75) is 13.8 Å². The molecule has 4 aromatic rings. The zero-order valence-corrected chi connectivity index (χ0v) is 16.2. The number of pyridine rings is 1. The average molecular weight is 404 g/mol. The maximum Gasteiger partial charge on any atom is 0.0703 e. The van der Waals surface area contributed by atoms with Gasteiger partial charge in [-0.2, -0.15) is 0 Å². The predicted molar refractivity (Wildman–Crippen MR) is 112 cm³/mol. The molecule has 2 heterocycles. The van der Waals surface area contributed by atoms with Crippen molar-refractivity contribution in [2.24, 2.45) is 4.99 Å². The summed E-state index contributed by atoms with van der Waals surface area (Å²) in [6.07, 6.45) is 3.76. The normalized spacial score (nSPS) is 11.5. The molecule has 2 aromatic carbocycles. The summed E-state index contributed by atoms with van der Waals surface area (Å²) in [5, 5.41) is 1.14. The number of nitrogens with zero attached hydrogens (tertiary/aromatic N) is 3. The van der Waals surface area contributed by atoms with E-state index in [1.54, 1.807) is 0 Å². The topological polar surface area (TPSA) is 30.2 Å². The van der Waals surface area contributed by atoms with Gasteiger partial charge in [0.1, 0.15) is 0 Å². The SMILES string of the molecule is Cc1cc(C=Nc2cccc(Br)c2)c(C)n1-c1ccc2ncccc2c1. The highest BCUT2D eigenvalue weighted by molar-refractivity contribution is 9.10. The molecule has 4 heteroatoms. The molecule has 2 aromatic heterocycles. The second-order valence-electron chi connectivity index (χ2n) is 6.28. The van der Waals surface area contributed by atoms with E-state index in [1.807, 2.05) is 42.7 Å². The van der Waals surface area contributed by atoms with E-state index in [-0.39, 0.29) is 0 Å². The summed E-state index contributed by atoms with van der Waals surface area (Å²) in [6.45, 7) is 4.25. The number of benzene rings is 2. The van der Waals surface area contributed by atoms with E-state index in [0.29, 0.717) is 0 Å². The quantitative estimate of drug-likeness (QED) is 0.377. The Morgan fingerprint density at radius 1 is 1.00 bits per heavy atom. The Morgan fingerprint density at radius 3 is 2.73 bits per heavy atom. The Bertz CT molecular complexity index is 1130. The number of hydrogen-bond acceptors (Lipinski definition) is 2. The van der Waals surface area contributed by atoms with Crippen LogP contribution in [0.2, 0.25) is 0 Å². The molecule has 0 atom stereocenters. The van der Waals surface area contributed by atoms with E-state index in [9.17, 15) is 0 Å². The van der Waals surface area contributed by atoms with Crippen molar-refractivity contribution in [2.75, 3.05) is 0 Å². The van der Waals surface area contributed by atoms with Crippen molar-refractivity contribution in [3.8, 4) is 5.69 Å². The minimum atomic E-state index is 0.931. The standard InChI is InChI=1S/C22H18BrN3/c1-15-11-18(14-25-20-7-3-6-19(23)13-20)16(2)26(15)21-8-9-22-17(12-21)5-4-10-24-22/h3-14H,1-2H3. The van der Waals surface area contributed by atoms with Crippen molar-refractivity contribution in [1.82, 2.24) is 9.55 Å². The Kier molecular flexibility index (Phi) is 4.43. The summed E-state index contributed by atoms with van der Waals surface area (Å²) in [5.74, 6) is 0. The summed E-state index contributed by atoms with van der Waals surface area (Å²) in [7, 11) is 0. The fourth-order valence-corrected chi connectivity index (χ4v) is 3.61. The second kappa shape index (κ2) is 6.89. The number of aliphatic imine (C=N–C) groups is 1. The zero-order chi connectivity index (χ0) is 18.1. The molecule has 0 saturated carbocycles. The van der Waals surface area contributed by atoms with Crippen molar-refractivity contribution in [1.29, 1.82) is 0 Å². The van der Waals surface area contributed by atoms with Gasteiger partial charge in [-0.1, -0.05) is 28.1 Å². The Labute approximate surface area is 161 Å². The molecular formula is C22H18BrN3. The number of rotatable bonds is 3. The molecule has 128 valence electrons. The molecule has 0 fully saturated rings. The van der Waals surface area contributed by atoms with Crippen LogP contribution < -0.4 is 0 Å². The molecule has 0 aliphatic heterocycles. The summed E-state index contributed by atoms with van der Waals surface area (Å²) >= 11 is 3.49. The van der Waals surface area contributed by atoms with Gasteiger partial charge in [0.2, 0.25) is 0 Å². The molecule has 0 unspecified atom stereocenters. The average Bonchev–Trinajstić information content (AvgIpc) is 2.93. The van der Waals surface area contributed by atoms with Gasteiger partial charge in [-0.25, -0.2) is 0 Å². The fraction of sp³-hybridized carbons (Fsp3) is 0.0909. The van der Waals surface area contributed by atoms with Crippen LogP contribution in [-0.2, 0) is 0 Å². The summed E-state index contributed by atoms with van der Waals surface area (Å²) in [6, 6.07) is 20.6. The molecule has 0 bridgehead atoms. The van der Waals surface area contributed by atoms with Gasteiger partial charge in [0.05, 0.1) is 11.2 Å². The van der Waals surface area contributed by atoms with Crippen LogP contribution in [0.5, 0.6) is 0 Å². The second-order valence-corrected chi connectivity index (χ2v) is 7.20. The largest absolute Gasteiger partial charge is 0.318 e. The van der Waals surface area contributed by atoms with Gasteiger partial charge in [0.25, 0.3) is 0 Å². The van der Waals surface area contributed by atoms with E-state index in [2.05, 4.69) is 74.7 Å². The highest BCUT2D eigenvalue weighted by atomic mass is 79.9. The van der Waals surface area contributed by atoms with Gasteiger partial charge >= 0.3 is 0 Å². The number of aromatic nitrogens is 2. The molecule has 3 nitrogen and oxygen atoms in total. The van der Waals surface area contributed by atoms with Gasteiger partial charge < -0.3 is 4.57 Å². The van der Waals surface area contributed by atoms with Crippen LogP contribution in [0.1, 0.15) is 17.0 Å². The fourth-order valence-electron chi connectivity index (χ4n) is 3.22. The number of halogens is 1. The van der Waals surface area contributed by atoms with Crippen LogP contribution in [0.4, 0.5) is 5.69 Å². The molecule has 26 heavy (non-hydrogen) atoms. The van der Waals surface area contributed by atoms with E-state index >= 15 is 0 Å². The maximum atomic E-state index is 4.62. The van der Waals surface area contributed by atoms with Crippen molar-refractivity contribution in [3.05, 3.63) is 88.3 Å². The summed E-state index contributed by atoms with van der Waals surface area (Å²) in [5.41, 5.74) is 6.55. The lowest BCUT2D eigenvalue weighted by molar-refractivity contribution is 0.967. The highest BCUT2D eigenvalue weighted by Crippen LogP contribution is 2.24. The van der Waals surface area contributed by atoms with E-state index in [0.717, 1.165) is 32.3 Å². The molecule has 0 N–H and O–H groups in total. The van der Waals surface area contributed by atoms with Crippen LogP contribution in [0.3, 0.4) is 0 Å². The monoisotopic (exact) mass is 403 g/mol. The first-order valence-corrected chi connectivity index (χ1v) is 9.25. The first-order chi connectivity index (χ1) is 12.6. The third-order valence-corrected chi connectivity index (χ3v) is 4.97. The van der Waals surface area contributed by atoms with Gasteiger partial charge in [-0.05, 0) is 62.4 Å². The molecule has 0 saturated heterocycles. The number of fused-ring (bicyclic) bond motifs is 1. The third-order valence-electron chi connectivity index (χ3n) is 4.48. The number of aryl methyl sites for hydroxylation is 1. The van der Waals surface area contributed by atoms with Gasteiger partial charge in [-0.3, -0.25) is 9.98 Å². The van der Waals surface area contributed by atoms with Crippen LogP contribution in [-0.4, -0.2) is 15.8 Å².